The van der Waals surface area contributed by atoms with Gasteiger partial charge in [-0.15, -0.1) is 0 Å². The van der Waals surface area contributed by atoms with E-state index < -0.39 is 0 Å². The minimum absolute atomic E-state index is 0.124. The predicted octanol–water partition coefficient (Wildman–Crippen LogP) is 4.69. The monoisotopic (exact) mass is 347 g/mol. The highest BCUT2D eigenvalue weighted by Gasteiger charge is 2.46. The van der Waals surface area contributed by atoms with Gasteiger partial charge < -0.3 is 4.90 Å². The zero-order valence-corrected chi connectivity index (χ0v) is 16.0. The number of likely N-dealkylation sites (N-methyl/N-ethyl adjacent to an activating group) is 1. The molecule has 1 aliphatic carbocycles. The van der Waals surface area contributed by atoms with Gasteiger partial charge in [-0.1, -0.05) is 55.5 Å². The van der Waals surface area contributed by atoms with Crippen molar-refractivity contribution in [3.05, 3.63) is 70.8 Å². The average molecular weight is 348 g/mol. The maximum atomic E-state index is 12.1. The Labute approximate surface area is 157 Å². The van der Waals surface area contributed by atoms with Crippen LogP contribution in [0.4, 0.5) is 0 Å². The number of benzene rings is 2. The fraction of sp³-hybridized carbons (Fsp3) is 0.458. The minimum Gasteiger partial charge on any atom is -0.342 e. The van der Waals surface area contributed by atoms with E-state index in [4.69, 9.17) is 0 Å². The Bertz CT molecular complexity index is 797. The molecule has 0 N–H and O–H groups in total. The maximum Gasteiger partial charge on any atom is 0.222 e. The summed E-state index contributed by atoms with van der Waals surface area (Å²) < 4.78 is 0. The van der Waals surface area contributed by atoms with Gasteiger partial charge in [0.05, 0.1) is 0 Å². The minimum atomic E-state index is 0.124. The van der Waals surface area contributed by atoms with Gasteiger partial charge in [-0.25, -0.2) is 0 Å². The van der Waals surface area contributed by atoms with Crippen molar-refractivity contribution in [3.63, 3.8) is 0 Å². The first kappa shape index (κ1) is 17.3. The van der Waals surface area contributed by atoms with Crippen LogP contribution in [0.25, 0.3) is 0 Å². The van der Waals surface area contributed by atoms with Gasteiger partial charge in [-0.05, 0) is 60.8 Å². The van der Waals surface area contributed by atoms with Crippen molar-refractivity contribution in [2.75, 3.05) is 7.05 Å². The summed E-state index contributed by atoms with van der Waals surface area (Å²) in [7, 11) is 1.99. The Morgan fingerprint density at radius 3 is 2.62 bits per heavy atom. The van der Waals surface area contributed by atoms with Crippen LogP contribution in [0.1, 0.15) is 54.9 Å². The quantitative estimate of drug-likeness (QED) is 0.786. The topological polar surface area (TPSA) is 20.3 Å². The molecule has 2 aliphatic rings. The third-order valence-electron chi connectivity index (χ3n) is 6.70. The highest BCUT2D eigenvalue weighted by atomic mass is 16.2. The fourth-order valence-corrected chi connectivity index (χ4v) is 5.14. The normalized spacial score (nSPS) is 24.9. The highest BCUT2D eigenvalue weighted by Crippen LogP contribution is 2.45. The van der Waals surface area contributed by atoms with E-state index in [1.807, 2.05) is 11.9 Å². The summed E-state index contributed by atoms with van der Waals surface area (Å²) in [5, 5.41) is 0. The number of piperidine rings is 1. The van der Waals surface area contributed by atoms with Crippen molar-refractivity contribution >= 4 is 5.91 Å². The summed E-state index contributed by atoms with van der Waals surface area (Å²) in [6.45, 7) is 2.37. The van der Waals surface area contributed by atoms with Crippen molar-refractivity contribution in [2.45, 2.75) is 63.3 Å². The number of carbonyl (C=O) groups is 1. The van der Waals surface area contributed by atoms with E-state index in [-0.39, 0.29) is 5.41 Å². The Balaban J connectivity index is 1.49. The van der Waals surface area contributed by atoms with Gasteiger partial charge >= 0.3 is 0 Å². The number of amides is 1. The molecule has 136 valence electrons. The lowest BCUT2D eigenvalue weighted by atomic mass is 9.63. The summed E-state index contributed by atoms with van der Waals surface area (Å²) in [5.74, 6) is 0.313. The van der Waals surface area contributed by atoms with Crippen LogP contribution in [0, 0.1) is 0 Å². The number of hydrogen-bond donors (Lipinski definition) is 0. The van der Waals surface area contributed by atoms with E-state index >= 15 is 0 Å². The first-order chi connectivity index (χ1) is 12.6. The summed E-state index contributed by atoms with van der Waals surface area (Å²) in [4.78, 5) is 14.1. The van der Waals surface area contributed by atoms with Crippen molar-refractivity contribution in [3.8, 4) is 0 Å². The lowest BCUT2D eigenvalue weighted by Gasteiger charge is -2.50. The van der Waals surface area contributed by atoms with E-state index in [0.717, 1.165) is 32.1 Å². The largest absolute Gasteiger partial charge is 0.342 e. The number of hydrogen-bond acceptors (Lipinski definition) is 1. The van der Waals surface area contributed by atoms with E-state index in [9.17, 15) is 4.79 Å². The maximum absolute atomic E-state index is 12.1. The molecule has 1 amide bonds. The zero-order valence-electron chi connectivity index (χ0n) is 16.0. The number of nitrogens with zero attached hydrogens (tertiary/aromatic N) is 1. The average Bonchev–Trinajstić information content (AvgIpc) is 2.66. The summed E-state index contributed by atoms with van der Waals surface area (Å²) in [6.07, 6.45) is 7.34. The molecular formula is C24H29NO. The van der Waals surface area contributed by atoms with Crippen LogP contribution >= 0.6 is 0 Å². The molecule has 0 radical (unpaired) electrons. The SMILES string of the molecule is CN1C(=O)CC[C@]2(C)c3ccc(CCCc4ccccc4)cc3CCC12. The Morgan fingerprint density at radius 1 is 1.04 bits per heavy atom. The van der Waals surface area contributed by atoms with Crippen molar-refractivity contribution < 1.29 is 4.79 Å². The molecule has 0 bridgehead atoms. The molecule has 1 aliphatic heterocycles. The molecule has 0 spiro atoms. The highest BCUT2D eigenvalue weighted by molar-refractivity contribution is 5.78. The molecular weight excluding hydrogens is 318 g/mol. The molecule has 2 aromatic rings. The lowest BCUT2D eigenvalue weighted by molar-refractivity contribution is -0.138. The molecule has 1 saturated heterocycles. The van der Waals surface area contributed by atoms with Crippen molar-refractivity contribution in [2.24, 2.45) is 0 Å². The van der Waals surface area contributed by atoms with Gasteiger partial charge in [0.15, 0.2) is 0 Å². The molecule has 26 heavy (non-hydrogen) atoms. The molecule has 0 aromatic heterocycles. The summed E-state index contributed by atoms with van der Waals surface area (Å²) in [5.41, 5.74) is 6.01. The van der Waals surface area contributed by atoms with Gasteiger partial charge in [0.25, 0.3) is 0 Å². The number of rotatable bonds is 4. The van der Waals surface area contributed by atoms with E-state index in [0.29, 0.717) is 18.4 Å². The molecule has 1 unspecified atom stereocenters. The van der Waals surface area contributed by atoms with Gasteiger partial charge in [0.1, 0.15) is 0 Å². The molecule has 2 atom stereocenters. The van der Waals surface area contributed by atoms with E-state index in [1.165, 1.54) is 28.7 Å². The molecule has 2 aromatic carbocycles. The van der Waals surface area contributed by atoms with E-state index in [2.05, 4.69) is 55.5 Å². The zero-order chi connectivity index (χ0) is 18.1. The van der Waals surface area contributed by atoms with Gasteiger partial charge in [0, 0.05) is 24.9 Å². The molecule has 4 rings (SSSR count). The lowest BCUT2D eigenvalue weighted by Crippen LogP contribution is -2.56. The summed E-state index contributed by atoms with van der Waals surface area (Å²) >= 11 is 0. The first-order valence-electron chi connectivity index (χ1n) is 10.00. The molecule has 1 heterocycles. The first-order valence-corrected chi connectivity index (χ1v) is 10.00. The molecule has 0 saturated carbocycles. The Kier molecular flexibility index (Phi) is 4.60. The summed E-state index contributed by atoms with van der Waals surface area (Å²) in [6, 6.07) is 18.3. The molecule has 2 nitrogen and oxygen atoms in total. The smallest absolute Gasteiger partial charge is 0.222 e. The Morgan fingerprint density at radius 2 is 1.81 bits per heavy atom. The number of likely N-dealkylation sites (tertiary alicyclic amines) is 1. The van der Waals surface area contributed by atoms with Crippen LogP contribution in [0.15, 0.2) is 48.5 Å². The van der Waals surface area contributed by atoms with Crippen LogP contribution in [-0.2, 0) is 29.5 Å². The molecule has 1 fully saturated rings. The number of fused-ring (bicyclic) bond motifs is 3. The van der Waals surface area contributed by atoms with Crippen LogP contribution < -0.4 is 0 Å². The van der Waals surface area contributed by atoms with Crippen LogP contribution in [0.3, 0.4) is 0 Å². The van der Waals surface area contributed by atoms with Crippen LogP contribution in [0.2, 0.25) is 0 Å². The number of aryl methyl sites for hydroxylation is 3. The van der Waals surface area contributed by atoms with Crippen molar-refractivity contribution in [1.29, 1.82) is 0 Å². The van der Waals surface area contributed by atoms with Gasteiger partial charge in [-0.3, -0.25) is 4.79 Å². The van der Waals surface area contributed by atoms with Crippen molar-refractivity contribution in [1.82, 2.24) is 4.90 Å². The van der Waals surface area contributed by atoms with Gasteiger partial charge in [0.2, 0.25) is 5.91 Å². The number of carbonyl (C=O) groups excluding carboxylic acids is 1. The second kappa shape index (κ2) is 6.90. The predicted molar refractivity (Wildman–Crippen MR) is 106 cm³/mol. The fourth-order valence-electron chi connectivity index (χ4n) is 5.14. The second-order valence-electron chi connectivity index (χ2n) is 8.31. The standard InChI is InChI=1S/C24H29NO/c1-24-16-15-23(26)25(2)22(24)14-12-20-17-19(11-13-21(20)24)10-6-9-18-7-4-3-5-8-18/h3-5,7-8,11,13,17,22H,6,9-10,12,14-16H2,1-2H3/t22?,24-/m1/s1. The third kappa shape index (κ3) is 3.06. The van der Waals surface area contributed by atoms with E-state index in [1.54, 1.807) is 0 Å². The second-order valence-corrected chi connectivity index (χ2v) is 8.31. The van der Waals surface area contributed by atoms with Crippen LogP contribution in [0.5, 0.6) is 0 Å². The third-order valence-corrected chi connectivity index (χ3v) is 6.70. The van der Waals surface area contributed by atoms with Crippen LogP contribution in [-0.4, -0.2) is 23.9 Å². The molecule has 2 heteroatoms. The Hall–Kier alpha value is -2.09. The van der Waals surface area contributed by atoms with Gasteiger partial charge in [-0.2, -0.15) is 0 Å².